The number of rotatable bonds is 5. The smallest absolute Gasteiger partial charge is 0.367 e. The number of pyridine rings is 1. The van der Waals surface area contributed by atoms with Crippen molar-refractivity contribution >= 4 is 28.2 Å². The molecule has 7 nitrogen and oxygen atoms in total. The zero-order valence-corrected chi connectivity index (χ0v) is 17.6. The summed E-state index contributed by atoms with van der Waals surface area (Å²) in [6.45, 7) is 2.45. The van der Waals surface area contributed by atoms with E-state index in [-0.39, 0.29) is 29.4 Å². The van der Waals surface area contributed by atoms with Gasteiger partial charge in [-0.25, -0.2) is 4.98 Å². The third kappa shape index (κ3) is 4.69. The van der Waals surface area contributed by atoms with Crippen LogP contribution >= 0.6 is 0 Å². The van der Waals surface area contributed by atoms with Crippen molar-refractivity contribution in [2.75, 3.05) is 10.6 Å². The predicted octanol–water partition coefficient (Wildman–Crippen LogP) is 4.26. The Hall–Kier alpha value is -3.14. The van der Waals surface area contributed by atoms with E-state index in [2.05, 4.69) is 20.6 Å². The van der Waals surface area contributed by atoms with E-state index >= 15 is 0 Å². The monoisotopic (exact) mass is 446 g/mol. The number of aryl methyl sites for hydroxylation is 1. The van der Waals surface area contributed by atoms with Crippen LogP contribution in [0, 0.1) is 0 Å². The van der Waals surface area contributed by atoms with Gasteiger partial charge < -0.3 is 20.9 Å². The lowest BCUT2D eigenvalue weighted by molar-refractivity contribution is -0.137. The molecule has 0 saturated heterocycles. The average Bonchev–Trinajstić information content (AvgIpc) is 2.75. The quantitative estimate of drug-likeness (QED) is 0.542. The topological polar surface area (TPSA) is 97.9 Å². The maximum atomic E-state index is 13.5. The standard InChI is InChI=1S/C22H25F3N6O/c1-2-31-10-9-13-11-16(7-8-17(13)20(31)32)29-21-27-12-18(22(23,24)25)19(30-21)28-15-5-3-14(26)4-6-15/h7-12,14-15H,2-6,26H2,1H3,(H2,27,28,29,30). The summed E-state index contributed by atoms with van der Waals surface area (Å²) in [4.78, 5) is 20.4. The SMILES string of the molecule is CCn1ccc2cc(Nc3ncc(C(F)(F)F)c(NC4CCC(N)CC4)n3)ccc2c1=O. The Morgan fingerprint density at radius 3 is 2.62 bits per heavy atom. The fourth-order valence-electron chi connectivity index (χ4n) is 3.96. The lowest BCUT2D eigenvalue weighted by Gasteiger charge is -2.28. The van der Waals surface area contributed by atoms with Gasteiger partial charge in [-0.3, -0.25) is 4.79 Å². The van der Waals surface area contributed by atoms with E-state index in [0.717, 1.165) is 19.0 Å². The van der Waals surface area contributed by atoms with Crippen molar-refractivity contribution < 1.29 is 13.2 Å². The van der Waals surface area contributed by atoms with Crippen LogP contribution in [0.15, 0.2) is 41.5 Å². The molecular formula is C22H25F3N6O. The van der Waals surface area contributed by atoms with Gasteiger partial charge in [-0.1, -0.05) is 0 Å². The van der Waals surface area contributed by atoms with Crippen LogP contribution in [0.2, 0.25) is 0 Å². The van der Waals surface area contributed by atoms with Gasteiger partial charge in [0.15, 0.2) is 0 Å². The third-order valence-corrected chi connectivity index (χ3v) is 5.78. The number of fused-ring (bicyclic) bond motifs is 1. The Balaban J connectivity index is 1.61. The summed E-state index contributed by atoms with van der Waals surface area (Å²) in [5, 5.41) is 7.17. The van der Waals surface area contributed by atoms with E-state index in [1.165, 1.54) is 0 Å². The first-order valence-corrected chi connectivity index (χ1v) is 10.6. The molecule has 3 aromatic rings. The molecule has 0 radical (unpaired) electrons. The van der Waals surface area contributed by atoms with Crippen LogP contribution in [-0.2, 0) is 12.7 Å². The Kier molecular flexibility index (Phi) is 6.05. The van der Waals surface area contributed by atoms with Gasteiger partial charge in [0.2, 0.25) is 5.95 Å². The zero-order chi connectivity index (χ0) is 22.9. The number of halogens is 3. The molecule has 170 valence electrons. The van der Waals surface area contributed by atoms with Gasteiger partial charge in [0.25, 0.3) is 5.56 Å². The number of nitrogens with one attached hydrogen (secondary N) is 2. The van der Waals surface area contributed by atoms with Crippen molar-refractivity contribution in [1.82, 2.24) is 14.5 Å². The van der Waals surface area contributed by atoms with Gasteiger partial charge in [0.1, 0.15) is 11.4 Å². The van der Waals surface area contributed by atoms with Gasteiger partial charge >= 0.3 is 6.18 Å². The van der Waals surface area contributed by atoms with E-state index in [1.54, 1.807) is 29.0 Å². The molecule has 0 bridgehead atoms. The average molecular weight is 446 g/mol. The summed E-state index contributed by atoms with van der Waals surface area (Å²) in [5.74, 6) is -0.212. The van der Waals surface area contributed by atoms with Gasteiger partial charge in [0.05, 0.1) is 0 Å². The highest BCUT2D eigenvalue weighted by molar-refractivity contribution is 5.85. The van der Waals surface area contributed by atoms with Crippen LogP contribution in [0.1, 0.15) is 38.2 Å². The molecule has 10 heteroatoms. The third-order valence-electron chi connectivity index (χ3n) is 5.78. The van der Waals surface area contributed by atoms with Gasteiger partial charge in [0, 0.05) is 42.1 Å². The van der Waals surface area contributed by atoms with Gasteiger partial charge in [-0.15, -0.1) is 0 Å². The van der Waals surface area contributed by atoms with Crippen molar-refractivity contribution in [2.24, 2.45) is 5.73 Å². The highest BCUT2D eigenvalue weighted by Gasteiger charge is 2.36. The molecule has 32 heavy (non-hydrogen) atoms. The van der Waals surface area contributed by atoms with E-state index in [0.29, 0.717) is 35.8 Å². The normalized spacial score (nSPS) is 19.2. The lowest BCUT2D eigenvalue weighted by Crippen LogP contribution is -2.33. The molecule has 1 fully saturated rings. The van der Waals surface area contributed by atoms with Crippen LogP contribution in [0.25, 0.3) is 10.8 Å². The molecule has 0 atom stereocenters. The minimum absolute atomic E-state index is 0.0364. The number of nitrogens with two attached hydrogens (primary N) is 1. The summed E-state index contributed by atoms with van der Waals surface area (Å²) in [5.41, 5.74) is 5.47. The number of aromatic nitrogens is 3. The summed E-state index contributed by atoms with van der Waals surface area (Å²) in [6.07, 6.45) is 0.802. The number of hydrogen-bond acceptors (Lipinski definition) is 6. The second-order valence-electron chi connectivity index (χ2n) is 8.04. The fourth-order valence-corrected chi connectivity index (χ4v) is 3.96. The van der Waals surface area contributed by atoms with E-state index in [9.17, 15) is 18.0 Å². The molecule has 1 aliphatic carbocycles. The minimum Gasteiger partial charge on any atom is -0.367 e. The highest BCUT2D eigenvalue weighted by Crippen LogP contribution is 2.35. The Bertz CT molecular complexity index is 1170. The molecule has 2 heterocycles. The van der Waals surface area contributed by atoms with E-state index in [1.807, 2.05) is 13.0 Å². The van der Waals surface area contributed by atoms with E-state index in [4.69, 9.17) is 5.73 Å². The lowest BCUT2D eigenvalue weighted by atomic mass is 9.92. The van der Waals surface area contributed by atoms with Crippen molar-refractivity contribution in [3.63, 3.8) is 0 Å². The van der Waals surface area contributed by atoms with Gasteiger partial charge in [-0.2, -0.15) is 18.2 Å². The molecular weight excluding hydrogens is 421 g/mol. The van der Waals surface area contributed by atoms with Crippen molar-refractivity contribution in [3.8, 4) is 0 Å². The van der Waals surface area contributed by atoms with Crippen LogP contribution in [0.5, 0.6) is 0 Å². The maximum absolute atomic E-state index is 13.5. The molecule has 4 N–H and O–H groups in total. The first kappa shape index (κ1) is 22.1. The number of hydrogen-bond donors (Lipinski definition) is 3. The second kappa shape index (κ2) is 8.78. The largest absolute Gasteiger partial charge is 0.421 e. The van der Waals surface area contributed by atoms with Crippen LogP contribution in [-0.4, -0.2) is 26.6 Å². The summed E-state index contributed by atoms with van der Waals surface area (Å²) in [6, 6.07) is 6.89. The molecule has 0 amide bonds. The van der Waals surface area contributed by atoms with Crippen molar-refractivity contribution in [1.29, 1.82) is 0 Å². The summed E-state index contributed by atoms with van der Waals surface area (Å²) >= 11 is 0. The Morgan fingerprint density at radius 1 is 1.19 bits per heavy atom. The van der Waals surface area contributed by atoms with Crippen LogP contribution in [0.4, 0.5) is 30.6 Å². The molecule has 4 rings (SSSR count). The minimum atomic E-state index is -4.58. The van der Waals surface area contributed by atoms with Crippen molar-refractivity contribution in [3.05, 3.63) is 52.6 Å². The first-order valence-electron chi connectivity index (χ1n) is 10.6. The highest BCUT2D eigenvalue weighted by atomic mass is 19.4. The molecule has 0 spiro atoms. The Labute approximate surface area is 182 Å². The molecule has 1 saturated carbocycles. The maximum Gasteiger partial charge on any atom is 0.421 e. The van der Waals surface area contributed by atoms with E-state index < -0.39 is 11.7 Å². The molecule has 2 aromatic heterocycles. The summed E-state index contributed by atoms with van der Waals surface area (Å²) < 4.78 is 42.1. The zero-order valence-electron chi connectivity index (χ0n) is 17.6. The first-order chi connectivity index (χ1) is 15.2. The summed E-state index contributed by atoms with van der Waals surface area (Å²) in [7, 11) is 0. The fraction of sp³-hybridized carbons (Fsp3) is 0.409. The van der Waals surface area contributed by atoms with Gasteiger partial charge in [-0.05, 0) is 62.3 Å². The number of benzene rings is 1. The molecule has 0 aliphatic heterocycles. The number of alkyl halides is 3. The predicted molar refractivity (Wildman–Crippen MR) is 118 cm³/mol. The molecule has 0 unspecified atom stereocenters. The van der Waals surface area contributed by atoms with Crippen molar-refractivity contribution in [2.45, 2.75) is 57.4 Å². The van der Waals surface area contributed by atoms with Crippen LogP contribution < -0.4 is 21.9 Å². The number of anilines is 3. The Morgan fingerprint density at radius 2 is 1.94 bits per heavy atom. The molecule has 1 aromatic carbocycles. The molecule has 1 aliphatic rings. The number of nitrogens with zero attached hydrogens (tertiary/aromatic N) is 3. The van der Waals surface area contributed by atoms with Crippen LogP contribution in [0.3, 0.4) is 0 Å². The second-order valence-corrected chi connectivity index (χ2v) is 8.04.